The molecule has 0 atom stereocenters. The van der Waals surface area contributed by atoms with Gasteiger partial charge in [0, 0.05) is 27.1 Å². The number of rotatable bonds is 6. The standard InChI is InChI=1S/C20H23N5O3/c1-12-17(13(2)22-20(21-12)24(3)4)23-16(26)10-7-11-25-18(27)14-8-5-6-9-15(14)19(25)28/h5-6,8-9H,7,10-11H2,1-4H3,(H,23,26). The molecule has 0 unspecified atom stereocenters. The minimum atomic E-state index is -0.305. The number of hydrogen-bond donors (Lipinski definition) is 1. The van der Waals surface area contributed by atoms with Crippen LogP contribution in [0.3, 0.4) is 0 Å². The molecule has 1 aliphatic heterocycles. The van der Waals surface area contributed by atoms with Gasteiger partial charge in [-0.1, -0.05) is 12.1 Å². The van der Waals surface area contributed by atoms with Gasteiger partial charge in [-0.2, -0.15) is 0 Å². The molecule has 8 heteroatoms. The first-order valence-electron chi connectivity index (χ1n) is 9.07. The number of aryl methyl sites for hydroxylation is 2. The number of carbonyl (C=O) groups is 3. The molecule has 1 aliphatic rings. The van der Waals surface area contributed by atoms with E-state index < -0.39 is 0 Å². The highest BCUT2D eigenvalue weighted by molar-refractivity contribution is 6.21. The van der Waals surface area contributed by atoms with E-state index in [1.54, 1.807) is 29.2 Å². The fraction of sp³-hybridized carbons (Fsp3) is 0.350. The summed E-state index contributed by atoms with van der Waals surface area (Å²) in [7, 11) is 3.71. The Balaban J connectivity index is 1.58. The molecule has 0 saturated heterocycles. The van der Waals surface area contributed by atoms with E-state index in [2.05, 4.69) is 15.3 Å². The largest absolute Gasteiger partial charge is 0.347 e. The Morgan fingerprint density at radius 3 is 2.07 bits per heavy atom. The second-order valence-electron chi connectivity index (χ2n) is 6.92. The Morgan fingerprint density at radius 2 is 1.57 bits per heavy atom. The Hall–Kier alpha value is -3.29. The van der Waals surface area contributed by atoms with Crippen molar-refractivity contribution in [2.24, 2.45) is 0 Å². The summed E-state index contributed by atoms with van der Waals surface area (Å²) in [6.45, 7) is 3.83. The van der Waals surface area contributed by atoms with Crippen LogP contribution in [-0.2, 0) is 4.79 Å². The predicted octanol–water partition coefficient (Wildman–Crippen LogP) is 2.17. The number of amides is 3. The average Bonchev–Trinajstić information content (AvgIpc) is 2.89. The van der Waals surface area contributed by atoms with Gasteiger partial charge in [0.15, 0.2) is 0 Å². The van der Waals surface area contributed by atoms with Crippen LogP contribution in [-0.4, -0.2) is 53.2 Å². The lowest BCUT2D eigenvalue weighted by Crippen LogP contribution is -2.31. The SMILES string of the molecule is Cc1nc(N(C)C)nc(C)c1NC(=O)CCCN1C(=O)c2ccccc2C1=O. The number of hydrogen-bond acceptors (Lipinski definition) is 6. The molecule has 8 nitrogen and oxygen atoms in total. The molecule has 28 heavy (non-hydrogen) atoms. The van der Waals surface area contributed by atoms with Crippen LogP contribution in [0.25, 0.3) is 0 Å². The van der Waals surface area contributed by atoms with E-state index in [9.17, 15) is 14.4 Å². The van der Waals surface area contributed by atoms with Crippen LogP contribution in [0.5, 0.6) is 0 Å². The summed E-state index contributed by atoms with van der Waals surface area (Å²) < 4.78 is 0. The summed E-state index contributed by atoms with van der Waals surface area (Å²) in [6, 6.07) is 6.75. The van der Waals surface area contributed by atoms with Crippen LogP contribution < -0.4 is 10.2 Å². The van der Waals surface area contributed by atoms with Crippen molar-refractivity contribution >= 4 is 29.4 Å². The highest BCUT2D eigenvalue weighted by Crippen LogP contribution is 2.23. The maximum atomic E-state index is 12.3. The highest BCUT2D eigenvalue weighted by Gasteiger charge is 2.34. The van der Waals surface area contributed by atoms with Gasteiger partial charge in [-0.25, -0.2) is 9.97 Å². The van der Waals surface area contributed by atoms with Gasteiger partial charge in [-0.15, -0.1) is 0 Å². The topological polar surface area (TPSA) is 95.5 Å². The highest BCUT2D eigenvalue weighted by atomic mass is 16.2. The van der Waals surface area contributed by atoms with E-state index in [4.69, 9.17) is 0 Å². The molecule has 146 valence electrons. The number of anilines is 2. The predicted molar refractivity (Wildman–Crippen MR) is 106 cm³/mol. The first kappa shape index (κ1) is 19.5. The van der Waals surface area contributed by atoms with Crippen LogP contribution in [0.2, 0.25) is 0 Å². The van der Waals surface area contributed by atoms with Crippen LogP contribution in [0.1, 0.15) is 44.9 Å². The average molecular weight is 381 g/mol. The van der Waals surface area contributed by atoms with Crippen LogP contribution in [0, 0.1) is 13.8 Å². The Kier molecular flexibility index (Phi) is 5.39. The van der Waals surface area contributed by atoms with E-state index in [0.717, 1.165) is 0 Å². The monoisotopic (exact) mass is 381 g/mol. The normalized spacial score (nSPS) is 12.9. The second kappa shape index (κ2) is 7.75. The number of nitrogens with zero attached hydrogens (tertiary/aromatic N) is 4. The van der Waals surface area contributed by atoms with Crippen molar-refractivity contribution in [2.75, 3.05) is 30.9 Å². The summed E-state index contributed by atoms with van der Waals surface area (Å²) in [6.07, 6.45) is 0.563. The van der Waals surface area contributed by atoms with Crippen molar-refractivity contribution in [3.8, 4) is 0 Å². The summed E-state index contributed by atoms with van der Waals surface area (Å²) in [4.78, 5) is 48.7. The van der Waals surface area contributed by atoms with E-state index in [1.165, 1.54) is 4.90 Å². The Bertz CT molecular complexity index is 897. The molecule has 1 aromatic carbocycles. The van der Waals surface area contributed by atoms with Gasteiger partial charge in [0.2, 0.25) is 11.9 Å². The Labute approximate surface area is 163 Å². The van der Waals surface area contributed by atoms with E-state index >= 15 is 0 Å². The van der Waals surface area contributed by atoms with Crippen LogP contribution >= 0.6 is 0 Å². The van der Waals surface area contributed by atoms with Gasteiger partial charge >= 0.3 is 0 Å². The molecule has 1 N–H and O–H groups in total. The maximum Gasteiger partial charge on any atom is 0.261 e. The first-order valence-corrected chi connectivity index (χ1v) is 9.07. The molecule has 2 heterocycles. The molecule has 3 amide bonds. The lowest BCUT2D eigenvalue weighted by Gasteiger charge is -2.16. The van der Waals surface area contributed by atoms with Crippen molar-refractivity contribution in [3.63, 3.8) is 0 Å². The number of fused-ring (bicyclic) bond motifs is 1. The van der Waals surface area contributed by atoms with Gasteiger partial charge < -0.3 is 10.2 Å². The second-order valence-corrected chi connectivity index (χ2v) is 6.92. The zero-order chi connectivity index (χ0) is 20.4. The molecule has 2 aromatic rings. The number of benzene rings is 1. The fourth-order valence-electron chi connectivity index (χ4n) is 3.12. The van der Waals surface area contributed by atoms with Crippen LogP contribution in [0.4, 0.5) is 11.6 Å². The van der Waals surface area contributed by atoms with Crippen molar-refractivity contribution in [1.29, 1.82) is 0 Å². The van der Waals surface area contributed by atoms with Crippen molar-refractivity contribution in [1.82, 2.24) is 14.9 Å². The first-order chi connectivity index (χ1) is 13.3. The van der Waals surface area contributed by atoms with Crippen LogP contribution in [0.15, 0.2) is 24.3 Å². The zero-order valence-electron chi connectivity index (χ0n) is 16.4. The Morgan fingerprint density at radius 1 is 1.04 bits per heavy atom. The molecule has 0 spiro atoms. The van der Waals surface area contributed by atoms with Gasteiger partial charge in [-0.3, -0.25) is 19.3 Å². The van der Waals surface area contributed by atoms with Gasteiger partial charge in [0.1, 0.15) is 0 Å². The number of nitrogens with one attached hydrogen (secondary N) is 1. The number of carbonyl (C=O) groups excluding carboxylic acids is 3. The van der Waals surface area contributed by atoms with Gasteiger partial charge in [-0.05, 0) is 32.4 Å². The van der Waals surface area contributed by atoms with E-state index in [0.29, 0.717) is 40.6 Å². The summed E-state index contributed by atoms with van der Waals surface area (Å²) in [5.41, 5.74) is 2.80. The molecule has 0 radical (unpaired) electrons. The number of aromatic nitrogens is 2. The van der Waals surface area contributed by atoms with Crippen molar-refractivity contribution in [3.05, 3.63) is 46.8 Å². The maximum absolute atomic E-state index is 12.3. The fourth-order valence-corrected chi connectivity index (χ4v) is 3.12. The molecule has 0 aliphatic carbocycles. The third kappa shape index (κ3) is 3.71. The molecule has 3 rings (SSSR count). The molecule has 0 fully saturated rings. The third-order valence-electron chi connectivity index (χ3n) is 4.59. The summed E-state index contributed by atoms with van der Waals surface area (Å²) in [5, 5.41) is 2.84. The molecular weight excluding hydrogens is 358 g/mol. The molecule has 0 bridgehead atoms. The van der Waals surface area contributed by atoms with Crippen molar-refractivity contribution < 1.29 is 14.4 Å². The quantitative estimate of drug-likeness (QED) is 0.771. The van der Waals surface area contributed by atoms with E-state index in [1.807, 2.05) is 27.9 Å². The number of imide groups is 1. The van der Waals surface area contributed by atoms with Gasteiger partial charge in [0.25, 0.3) is 11.8 Å². The zero-order valence-corrected chi connectivity index (χ0v) is 16.4. The van der Waals surface area contributed by atoms with Crippen molar-refractivity contribution in [2.45, 2.75) is 26.7 Å². The lowest BCUT2D eigenvalue weighted by molar-refractivity contribution is -0.116. The minimum Gasteiger partial charge on any atom is -0.347 e. The minimum absolute atomic E-state index is 0.182. The lowest BCUT2D eigenvalue weighted by atomic mass is 10.1. The summed E-state index contributed by atoms with van der Waals surface area (Å²) in [5.74, 6) is -0.233. The van der Waals surface area contributed by atoms with Gasteiger partial charge in [0.05, 0.1) is 28.2 Å². The third-order valence-corrected chi connectivity index (χ3v) is 4.59. The smallest absolute Gasteiger partial charge is 0.261 e. The molecular formula is C20H23N5O3. The molecule has 0 saturated carbocycles. The summed E-state index contributed by atoms with van der Waals surface area (Å²) >= 11 is 0. The molecule has 1 aromatic heterocycles. The van der Waals surface area contributed by atoms with E-state index in [-0.39, 0.29) is 30.7 Å².